The van der Waals surface area contributed by atoms with Crippen LogP contribution >= 0.6 is 12.6 Å². The van der Waals surface area contributed by atoms with Gasteiger partial charge in [0.25, 0.3) is 0 Å². The van der Waals surface area contributed by atoms with E-state index in [1.54, 1.807) is 7.11 Å². The summed E-state index contributed by atoms with van der Waals surface area (Å²) in [6.07, 6.45) is 0.864. The fourth-order valence-corrected chi connectivity index (χ4v) is 1.72. The summed E-state index contributed by atoms with van der Waals surface area (Å²) < 4.78 is 5.26. The maximum absolute atomic E-state index is 6.02. The van der Waals surface area contributed by atoms with E-state index in [1.165, 1.54) is 5.56 Å². The predicted octanol–water partition coefficient (Wildman–Crippen LogP) is 2.32. The Morgan fingerprint density at radius 3 is 2.79 bits per heavy atom. The van der Waals surface area contributed by atoms with Gasteiger partial charge in [0.2, 0.25) is 0 Å². The van der Waals surface area contributed by atoms with Crippen LogP contribution in [-0.4, -0.2) is 12.9 Å². The molecule has 0 aliphatic rings. The molecular weight excluding hydrogens is 194 g/mol. The fourth-order valence-electron chi connectivity index (χ4n) is 1.44. The topological polar surface area (TPSA) is 35.2 Å². The first-order valence-corrected chi connectivity index (χ1v) is 5.33. The van der Waals surface area contributed by atoms with Crippen molar-refractivity contribution < 1.29 is 4.74 Å². The average Bonchev–Trinajstić information content (AvgIpc) is 2.18. The number of thiol groups is 1. The SMILES string of the molecule is COc1ccc(C)cc1C(N)CCS. The van der Waals surface area contributed by atoms with E-state index in [4.69, 9.17) is 10.5 Å². The summed E-state index contributed by atoms with van der Waals surface area (Å²) in [5.74, 6) is 1.66. The number of rotatable bonds is 4. The third-order valence-corrected chi connectivity index (χ3v) is 2.48. The minimum Gasteiger partial charge on any atom is -0.496 e. The summed E-state index contributed by atoms with van der Waals surface area (Å²) >= 11 is 4.18. The first-order chi connectivity index (χ1) is 6.69. The molecule has 1 atom stereocenters. The van der Waals surface area contributed by atoms with Gasteiger partial charge < -0.3 is 10.5 Å². The first-order valence-electron chi connectivity index (χ1n) is 4.70. The van der Waals surface area contributed by atoms with Gasteiger partial charge in [-0.15, -0.1) is 0 Å². The Labute approximate surface area is 90.9 Å². The van der Waals surface area contributed by atoms with Crippen molar-refractivity contribution in [1.29, 1.82) is 0 Å². The van der Waals surface area contributed by atoms with Crippen LogP contribution in [0.2, 0.25) is 0 Å². The average molecular weight is 211 g/mol. The number of ether oxygens (including phenoxy) is 1. The molecule has 0 heterocycles. The van der Waals surface area contributed by atoms with Crippen molar-refractivity contribution in [2.75, 3.05) is 12.9 Å². The van der Waals surface area contributed by atoms with Gasteiger partial charge in [0.15, 0.2) is 0 Å². The minimum absolute atomic E-state index is 0.0161. The lowest BCUT2D eigenvalue weighted by molar-refractivity contribution is 0.405. The molecule has 14 heavy (non-hydrogen) atoms. The Hall–Kier alpha value is -0.670. The van der Waals surface area contributed by atoms with Crippen molar-refractivity contribution in [3.8, 4) is 5.75 Å². The van der Waals surface area contributed by atoms with Crippen LogP contribution in [-0.2, 0) is 0 Å². The highest BCUT2D eigenvalue weighted by molar-refractivity contribution is 7.80. The van der Waals surface area contributed by atoms with Gasteiger partial charge in [-0.3, -0.25) is 0 Å². The molecule has 2 N–H and O–H groups in total. The third-order valence-electron chi connectivity index (χ3n) is 2.22. The van der Waals surface area contributed by atoms with E-state index in [2.05, 4.69) is 25.6 Å². The van der Waals surface area contributed by atoms with Crippen LogP contribution in [0, 0.1) is 6.92 Å². The van der Waals surface area contributed by atoms with Gasteiger partial charge in [-0.2, -0.15) is 12.6 Å². The zero-order valence-electron chi connectivity index (χ0n) is 8.66. The summed E-state index contributed by atoms with van der Waals surface area (Å²) in [7, 11) is 1.67. The standard InChI is InChI=1S/C11H17NOS/c1-8-3-4-11(13-2)9(7-8)10(12)5-6-14/h3-4,7,10,14H,5-6,12H2,1-2H3. The molecule has 0 spiro atoms. The van der Waals surface area contributed by atoms with Crippen LogP contribution < -0.4 is 10.5 Å². The van der Waals surface area contributed by atoms with Crippen molar-refractivity contribution >= 4 is 12.6 Å². The van der Waals surface area contributed by atoms with Gasteiger partial charge in [0.05, 0.1) is 7.11 Å². The summed E-state index contributed by atoms with van der Waals surface area (Å²) in [5, 5.41) is 0. The van der Waals surface area contributed by atoms with Crippen LogP contribution in [0.5, 0.6) is 5.75 Å². The van der Waals surface area contributed by atoms with Gasteiger partial charge in [0.1, 0.15) is 5.75 Å². The first kappa shape index (κ1) is 11.4. The molecule has 0 bridgehead atoms. The van der Waals surface area contributed by atoms with E-state index >= 15 is 0 Å². The lowest BCUT2D eigenvalue weighted by atomic mass is 10.0. The number of methoxy groups -OCH3 is 1. The van der Waals surface area contributed by atoms with Crippen molar-refractivity contribution in [3.63, 3.8) is 0 Å². The molecule has 0 aromatic heterocycles. The van der Waals surface area contributed by atoms with Crippen LogP contribution in [0.25, 0.3) is 0 Å². The summed E-state index contributed by atoms with van der Waals surface area (Å²) in [5.41, 5.74) is 8.30. The van der Waals surface area contributed by atoms with Gasteiger partial charge in [-0.05, 0) is 25.2 Å². The number of benzene rings is 1. The molecular formula is C11H17NOS. The Balaban J connectivity index is 2.97. The van der Waals surface area contributed by atoms with E-state index in [1.807, 2.05) is 12.1 Å². The van der Waals surface area contributed by atoms with Crippen LogP contribution in [0.1, 0.15) is 23.6 Å². The molecule has 0 aliphatic carbocycles. The molecule has 0 saturated carbocycles. The largest absolute Gasteiger partial charge is 0.496 e. The number of hydrogen-bond donors (Lipinski definition) is 2. The molecule has 1 aromatic rings. The van der Waals surface area contributed by atoms with Crippen LogP contribution in [0.3, 0.4) is 0 Å². The summed E-state index contributed by atoms with van der Waals surface area (Å²) in [4.78, 5) is 0. The quantitative estimate of drug-likeness (QED) is 0.750. The third kappa shape index (κ3) is 2.66. The summed E-state index contributed by atoms with van der Waals surface area (Å²) in [6.45, 7) is 2.05. The van der Waals surface area contributed by atoms with Crippen molar-refractivity contribution in [3.05, 3.63) is 29.3 Å². The maximum atomic E-state index is 6.02. The van der Waals surface area contributed by atoms with Gasteiger partial charge >= 0.3 is 0 Å². The number of hydrogen-bond acceptors (Lipinski definition) is 3. The molecule has 0 radical (unpaired) electrons. The molecule has 3 heteroatoms. The highest BCUT2D eigenvalue weighted by Crippen LogP contribution is 2.26. The number of aryl methyl sites for hydroxylation is 1. The minimum atomic E-state index is 0.0161. The molecule has 0 saturated heterocycles. The Bertz CT molecular complexity index is 301. The lowest BCUT2D eigenvalue weighted by Crippen LogP contribution is -2.12. The van der Waals surface area contributed by atoms with Gasteiger partial charge in [-0.1, -0.05) is 17.7 Å². The number of nitrogens with two attached hydrogens (primary N) is 1. The van der Waals surface area contributed by atoms with Crippen molar-refractivity contribution in [2.45, 2.75) is 19.4 Å². The normalized spacial score (nSPS) is 12.6. The van der Waals surface area contributed by atoms with E-state index in [0.717, 1.165) is 23.5 Å². The molecule has 1 rings (SSSR count). The smallest absolute Gasteiger partial charge is 0.123 e. The lowest BCUT2D eigenvalue weighted by Gasteiger charge is -2.15. The van der Waals surface area contributed by atoms with Crippen LogP contribution in [0.4, 0.5) is 0 Å². The molecule has 0 fully saturated rings. The monoisotopic (exact) mass is 211 g/mol. The molecule has 0 amide bonds. The second kappa shape index (κ2) is 5.27. The Kier molecular flexibility index (Phi) is 4.29. The molecule has 1 aromatic carbocycles. The molecule has 2 nitrogen and oxygen atoms in total. The second-order valence-electron chi connectivity index (χ2n) is 3.36. The predicted molar refractivity (Wildman–Crippen MR) is 63.1 cm³/mol. The van der Waals surface area contributed by atoms with E-state index < -0.39 is 0 Å². The zero-order valence-corrected chi connectivity index (χ0v) is 9.55. The molecule has 78 valence electrons. The molecule has 0 aliphatic heterocycles. The van der Waals surface area contributed by atoms with E-state index in [0.29, 0.717) is 0 Å². The van der Waals surface area contributed by atoms with Gasteiger partial charge in [-0.25, -0.2) is 0 Å². The highest BCUT2D eigenvalue weighted by Gasteiger charge is 2.10. The Morgan fingerprint density at radius 2 is 2.21 bits per heavy atom. The Morgan fingerprint density at radius 1 is 1.50 bits per heavy atom. The highest BCUT2D eigenvalue weighted by atomic mass is 32.1. The van der Waals surface area contributed by atoms with E-state index in [9.17, 15) is 0 Å². The van der Waals surface area contributed by atoms with Gasteiger partial charge in [0, 0.05) is 11.6 Å². The summed E-state index contributed by atoms with van der Waals surface area (Å²) in [6, 6.07) is 6.08. The fraction of sp³-hybridized carbons (Fsp3) is 0.455. The second-order valence-corrected chi connectivity index (χ2v) is 3.81. The van der Waals surface area contributed by atoms with Crippen LogP contribution in [0.15, 0.2) is 18.2 Å². The zero-order chi connectivity index (χ0) is 10.6. The maximum Gasteiger partial charge on any atom is 0.123 e. The molecule has 1 unspecified atom stereocenters. The van der Waals surface area contributed by atoms with Crippen molar-refractivity contribution in [1.82, 2.24) is 0 Å². The van der Waals surface area contributed by atoms with E-state index in [-0.39, 0.29) is 6.04 Å². The van der Waals surface area contributed by atoms with Crippen molar-refractivity contribution in [2.24, 2.45) is 5.73 Å².